The summed E-state index contributed by atoms with van der Waals surface area (Å²) < 4.78 is 0. The quantitative estimate of drug-likeness (QED) is 0.431. The second-order valence-electron chi connectivity index (χ2n) is 4.58. The Labute approximate surface area is 105 Å². The Bertz CT molecular complexity index is 339. The molecule has 0 spiro atoms. The van der Waals surface area contributed by atoms with E-state index in [1.54, 1.807) is 12.1 Å². The van der Waals surface area contributed by atoms with Gasteiger partial charge in [-0.2, -0.15) is 0 Å². The third-order valence-corrected chi connectivity index (χ3v) is 3.13. The van der Waals surface area contributed by atoms with Crippen molar-refractivity contribution in [1.29, 1.82) is 0 Å². The van der Waals surface area contributed by atoms with E-state index in [-0.39, 0.29) is 11.5 Å². The molecule has 0 aromatic heterocycles. The van der Waals surface area contributed by atoms with Gasteiger partial charge in [-0.3, -0.25) is 0 Å². The lowest BCUT2D eigenvalue weighted by Crippen LogP contribution is -2.19. The minimum Gasteiger partial charge on any atom is -0.504 e. The Morgan fingerprint density at radius 3 is 2.47 bits per heavy atom. The van der Waals surface area contributed by atoms with Crippen LogP contribution < -0.4 is 5.46 Å². The van der Waals surface area contributed by atoms with Crippen molar-refractivity contribution in [3.05, 3.63) is 18.2 Å². The van der Waals surface area contributed by atoms with Crippen LogP contribution in [0.5, 0.6) is 11.5 Å². The molecule has 1 unspecified atom stereocenters. The lowest BCUT2D eigenvalue weighted by Gasteiger charge is -2.13. The van der Waals surface area contributed by atoms with Crippen molar-refractivity contribution in [3.8, 4) is 11.5 Å². The maximum absolute atomic E-state index is 9.43. The van der Waals surface area contributed by atoms with E-state index in [0.717, 1.165) is 11.9 Å². The summed E-state index contributed by atoms with van der Waals surface area (Å²) in [4.78, 5) is 0. The van der Waals surface area contributed by atoms with Crippen LogP contribution in [0.1, 0.15) is 46.0 Å². The minimum absolute atomic E-state index is 0.0397. The van der Waals surface area contributed by atoms with Crippen molar-refractivity contribution in [1.82, 2.24) is 0 Å². The van der Waals surface area contributed by atoms with E-state index < -0.39 is 0 Å². The third-order valence-electron chi connectivity index (χ3n) is 3.13. The average molecular weight is 233 g/mol. The van der Waals surface area contributed by atoms with Crippen LogP contribution in [0, 0.1) is 0 Å². The molecule has 3 heteroatoms. The highest BCUT2D eigenvalue weighted by atomic mass is 16.3. The lowest BCUT2D eigenvalue weighted by atomic mass is 9.56. The normalized spacial score (nSPS) is 12.4. The largest absolute Gasteiger partial charge is 0.504 e. The number of hydrogen-bond acceptors (Lipinski definition) is 2. The van der Waals surface area contributed by atoms with Crippen molar-refractivity contribution < 1.29 is 10.2 Å². The fourth-order valence-corrected chi connectivity index (χ4v) is 1.98. The summed E-state index contributed by atoms with van der Waals surface area (Å²) in [5.41, 5.74) is 0.989. The Balaban J connectivity index is 2.51. The van der Waals surface area contributed by atoms with E-state index in [2.05, 4.69) is 21.1 Å². The molecule has 17 heavy (non-hydrogen) atoms. The van der Waals surface area contributed by atoms with Gasteiger partial charge in [0.25, 0.3) is 0 Å². The van der Waals surface area contributed by atoms with Crippen LogP contribution in [0.25, 0.3) is 0 Å². The molecule has 1 rings (SSSR count). The molecule has 0 bridgehead atoms. The van der Waals surface area contributed by atoms with E-state index in [1.165, 1.54) is 25.7 Å². The first-order chi connectivity index (χ1) is 8.17. The molecule has 0 fully saturated rings. The van der Waals surface area contributed by atoms with E-state index in [4.69, 9.17) is 0 Å². The lowest BCUT2D eigenvalue weighted by molar-refractivity contribution is 0.404. The molecule has 0 aliphatic carbocycles. The maximum atomic E-state index is 9.43. The van der Waals surface area contributed by atoms with Crippen LogP contribution in [-0.2, 0) is 0 Å². The van der Waals surface area contributed by atoms with Gasteiger partial charge in [0.2, 0.25) is 0 Å². The first-order valence-corrected chi connectivity index (χ1v) is 6.54. The summed E-state index contributed by atoms with van der Waals surface area (Å²) in [6, 6.07) is 5.01. The van der Waals surface area contributed by atoms with E-state index >= 15 is 0 Å². The molecule has 2 nitrogen and oxygen atoms in total. The SMILES string of the molecule is CCCCCC([B]c1ccc(O)c(O)c1)CC. The maximum Gasteiger partial charge on any atom is 0.157 e. The van der Waals surface area contributed by atoms with E-state index in [0.29, 0.717) is 5.82 Å². The smallest absolute Gasteiger partial charge is 0.157 e. The van der Waals surface area contributed by atoms with E-state index in [1.807, 2.05) is 6.07 Å². The van der Waals surface area contributed by atoms with Gasteiger partial charge in [-0.05, 0) is 12.1 Å². The van der Waals surface area contributed by atoms with Crippen LogP contribution in [-0.4, -0.2) is 17.5 Å². The van der Waals surface area contributed by atoms with Crippen molar-refractivity contribution >= 4 is 12.7 Å². The highest BCUT2D eigenvalue weighted by molar-refractivity contribution is 6.55. The summed E-state index contributed by atoms with van der Waals surface area (Å²) in [6.45, 7) is 4.40. The molecule has 1 aromatic rings. The summed E-state index contributed by atoms with van der Waals surface area (Å²) in [7, 11) is 2.19. The third kappa shape index (κ3) is 4.72. The van der Waals surface area contributed by atoms with E-state index in [9.17, 15) is 10.2 Å². The molecular weight excluding hydrogens is 211 g/mol. The van der Waals surface area contributed by atoms with Gasteiger partial charge in [0.1, 0.15) is 0 Å². The summed E-state index contributed by atoms with van der Waals surface area (Å²) in [5, 5.41) is 18.7. The highest BCUT2D eigenvalue weighted by Crippen LogP contribution is 2.23. The molecule has 0 aliphatic heterocycles. The van der Waals surface area contributed by atoms with Crippen molar-refractivity contribution in [2.45, 2.75) is 51.8 Å². The number of hydrogen-bond donors (Lipinski definition) is 2. The van der Waals surface area contributed by atoms with Gasteiger partial charge < -0.3 is 10.2 Å². The van der Waals surface area contributed by atoms with Gasteiger partial charge in [0.15, 0.2) is 18.8 Å². The molecule has 0 saturated heterocycles. The number of aromatic hydroxyl groups is 2. The van der Waals surface area contributed by atoms with Crippen molar-refractivity contribution in [2.24, 2.45) is 0 Å². The zero-order chi connectivity index (χ0) is 12.7. The molecule has 0 aliphatic rings. The molecule has 1 atom stereocenters. The first-order valence-electron chi connectivity index (χ1n) is 6.54. The molecule has 0 amide bonds. The van der Waals surface area contributed by atoms with Gasteiger partial charge in [0.05, 0.1) is 0 Å². The summed E-state index contributed by atoms with van der Waals surface area (Å²) >= 11 is 0. The van der Waals surface area contributed by atoms with Crippen LogP contribution in [0.4, 0.5) is 0 Å². The number of phenolic OH excluding ortho intramolecular Hbond substituents is 2. The van der Waals surface area contributed by atoms with Gasteiger partial charge in [-0.25, -0.2) is 0 Å². The second-order valence-corrected chi connectivity index (χ2v) is 4.58. The van der Waals surface area contributed by atoms with Gasteiger partial charge >= 0.3 is 0 Å². The molecule has 2 N–H and O–H groups in total. The Morgan fingerprint density at radius 2 is 1.88 bits per heavy atom. The summed E-state index contributed by atoms with van der Waals surface area (Å²) in [6.07, 6.45) is 6.11. The van der Waals surface area contributed by atoms with Crippen molar-refractivity contribution in [2.75, 3.05) is 0 Å². The fraction of sp³-hybridized carbons (Fsp3) is 0.571. The predicted molar refractivity (Wildman–Crippen MR) is 73.3 cm³/mol. The first kappa shape index (κ1) is 13.9. The number of unbranched alkanes of at least 4 members (excludes halogenated alkanes) is 2. The van der Waals surface area contributed by atoms with Crippen molar-refractivity contribution in [3.63, 3.8) is 0 Å². The van der Waals surface area contributed by atoms with Crippen LogP contribution in [0.3, 0.4) is 0 Å². The second kappa shape index (κ2) is 7.26. The Kier molecular flexibility index (Phi) is 5.95. The molecule has 93 valence electrons. The predicted octanol–water partition coefficient (Wildman–Crippen LogP) is 3.21. The van der Waals surface area contributed by atoms with Gasteiger partial charge in [0, 0.05) is 0 Å². The average Bonchev–Trinajstić information content (AvgIpc) is 2.32. The zero-order valence-electron chi connectivity index (χ0n) is 10.8. The van der Waals surface area contributed by atoms with Crippen LogP contribution in [0.15, 0.2) is 18.2 Å². The standard InChI is InChI=1S/C14H22BO2/c1-3-5-6-7-11(4-2)15-12-8-9-13(16)14(17)10-12/h8-11,16-17H,3-7H2,1-2H3. The van der Waals surface area contributed by atoms with Gasteiger partial charge in [-0.1, -0.05) is 63.3 Å². The Morgan fingerprint density at radius 1 is 1.12 bits per heavy atom. The minimum atomic E-state index is -0.0545. The highest BCUT2D eigenvalue weighted by Gasteiger charge is 2.10. The fourth-order valence-electron chi connectivity index (χ4n) is 1.98. The molecule has 1 aromatic carbocycles. The topological polar surface area (TPSA) is 40.5 Å². The van der Waals surface area contributed by atoms with Crippen LogP contribution >= 0.6 is 0 Å². The Hall–Kier alpha value is -1.12. The number of rotatable bonds is 7. The molecule has 0 saturated carbocycles. The summed E-state index contributed by atoms with van der Waals surface area (Å²) in [5.74, 6) is 0.467. The molecular formula is C14H22BO2. The monoisotopic (exact) mass is 233 g/mol. The number of phenols is 2. The number of benzene rings is 1. The van der Waals surface area contributed by atoms with Gasteiger partial charge in [-0.15, -0.1) is 0 Å². The van der Waals surface area contributed by atoms with Crippen LogP contribution in [0.2, 0.25) is 5.82 Å². The zero-order valence-corrected chi connectivity index (χ0v) is 10.8. The molecule has 1 radical (unpaired) electrons. The molecule has 0 heterocycles.